The summed E-state index contributed by atoms with van der Waals surface area (Å²) in [6.45, 7) is 12.7. The maximum atomic E-state index is 12.5. The molecule has 0 fully saturated rings. The van der Waals surface area contributed by atoms with Crippen LogP contribution in [0.3, 0.4) is 0 Å². The minimum absolute atomic E-state index is 0.136. The Labute approximate surface area is 144 Å². The van der Waals surface area contributed by atoms with Crippen LogP contribution in [0.5, 0.6) is 0 Å². The van der Waals surface area contributed by atoms with E-state index >= 15 is 0 Å². The van der Waals surface area contributed by atoms with Gasteiger partial charge in [-0.3, -0.25) is 4.79 Å². The van der Waals surface area contributed by atoms with Crippen LogP contribution >= 0.6 is 0 Å². The van der Waals surface area contributed by atoms with Crippen LogP contribution in [0.4, 0.5) is 4.79 Å². The van der Waals surface area contributed by atoms with Gasteiger partial charge in [0.2, 0.25) is 5.91 Å². The maximum absolute atomic E-state index is 12.5. The number of alkyl carbamates (subject to hydrolysis) is 1. The van der Waals surface area contributed by atoms with Crippen LogP contribution in [0.1, 0.15) is 54.9 Å². The van der Waals surface area contributed by atoms with E-state index in [0.717, 1.165) is 0 Å². The van der Waals surface area contributed by atoms with Gasteiger partial charge in [-0.15, -0.1) is 0 Å². The van der Waals surface area contributed by atoms with Gasteiger partial charge in [0, 0.05) is 0 Å². The predicted octanol–water partition coefficient (Wildman–Crippen LogP) is 2.24. The number of hydrogen-bond acceptors (Lipinski definition) is 5. The lowest BCUT2D eigenvalue weighted by atomic mass is 10.0. The van der Waals surface area contributed by atoms with Gasteiger partial charge in [0.05, 0.1) is 7.11 Å². The zero-order valence-corrected chi connectivity index (χ0v) is 16.1. The smallest absolute Gasteiger partial charge is 0.408 e. The Morgan fingerprint density at radius 1 is 1.00 bits per heavy atom. The molecule has 0 aliphatic rings. The number of ether oxygens (including phenoxy) is 2. The number of hydrogen-bond donors (Lipinski definition) is 2. The van der Waals surface area contributed by atoms with E-state index in [2.05, 4.69) is 10.6 Å². The Kier molecular flexibility index (Phi) is 8.78. The monoisotopic (exact) mass is 344 g/mol. The van der Waals surface area contributed by atoms with Crippen LogP contribution in [-0.2, 0) is 19.1 Å². The molecule has 2 amide bonds. The lowest BCUT2D eigenvalue weighted by molar-refractivity contribution is -0.146. The molecule has 140 valence electrons. The summed E-state index contributed by atoms with van der Waals surface area (Å²) in [6.07, 6.45) is -0.237. The van der Waals surface area contributed by atoms with Gasteiger partial charge in [0.25, 0.3) is 0 Å². The lowest BCUT2D eigenvalue weighted by Gasteiger charge is -2.26. The highest BCUT2D eigenvalue weighted by Gasteiger charge is 2.30. The number of esters is 1. The minimum atomic E-state index is -0.786. The third kappa shape index (κ3) is 8.74. The molecule has 2 N–H and O–H groups in total. The van der Waals surface area contributed by atoms with E-state index < -0.39 is 35.7 Å². The highest BCUT2D eigenvalue weighted by Crippen LogP contribution is 2.11. The second-order valence-electron chi connectivity index (χ2n) is 7.58. The molecule has 0 aromatic rings. The first-order valence-electron chi connectivity index (χ1n) is 8.25. The van der Waals surface area contributed by atoms with Crippen LogP contribution in [0.25, 0.3) is 0 Å². The Balaban J connectivity index is 5.05. The molecule has 0 bridgehead atoms. The Morgan fingerprint density at radius 2 is 1.54 bits per heavy atom. The number of nitrogens with one attached hydrogen (secondary N) is 2. The van der Waals surface area contributed by atoms with Crippen molar-refractivity contribution >= 4 is 18.0 Å². The molecule has 0 spiro atoms. The lowest BCUT2D eigenvalue weighted by Crippen LogP contribution is -2.54. The second kappa shape index (κ2) is 9.49. The number of carbonyl (C=O) groups is 3. The van der Waals surface area contributed by atoms with Gasteiger partial charge in [-0.25, -0.2) is 9.59 Å². The fourth-order valence-electron chi connectivity index (χ4n) is 2.03. The standard InChI is InChI=1S/C17H32N2O5/c1-10(2)9-12(18-16(22)24-17(5,6)7)14(20)19-13(11(3)4)15(21)23-8/h10-13H,9H2,1-8H3,(H,18,22)(H,19,20)/t12-,13-/m0/s1. The van der Waals surface area contributed by atoms with E-state index in [0.29, 0.717) is 6.42 Å². The molecule has 0 aromatic carbocycles. The van der Waals surface area contributed by atoms with Crippen molar-refractivity contribution in [2.24, 2.45) is 11.8 Å². The topological polar surface area (TPSA) is 93.7 Å². The van der Waals surface area contributed by atoms with Gasteiger partial charge in [-0.05, 0) is 39.0 Å². The average molecular weight is 344 g/mol. The van der Waals surface area contributed by atoms with E-state index in [1.165, 1.54) is 7.11 Å². The van der Waals surface area contributed by atoms with Gasteiger partial charge in [-0.1, -0.05) is 27.7 Å². The number of carbonyl (C=O) groups excluding carboxylic acids is 3. The molecule has 0 saturated carbocycles. The first-order valence-corrected chi connectivity index (χ1v) is 8.25. The van der Waals surface area contributed by atoms with E-state index in [4.69, 9.17) is 9.47 Å². The van der Waals surface area contributed by atoms with Gasteiger partial charge < -0.3 is 20.1 Å². The molecule has 0 rings (SSSR count). The summed E-state index contributed by atoms with van der Waals surface area (Å²) in [5.41, 5.74) is -0.657. The van der Waals surface area contributed by atoms with Crippen LogP contribution in [0.2, 0.25) is 0 Å². The summed E-state index contributed by atoms with van der Waals surface area (Å²) in [7, 11) is 1.27. The van der Waals surface area contributed by atoms with Crippen molar-refractivity contribution in [2.75, 3.05) is 7.11 Å². The average Bonchev–Trinajstić information content (AvgIpc) is 2.39. The summed E-state index contributed by atoms with van der Waals surface area (Å²) < 4.78 is 9.92. The van der Waals surface area contributed by atoms with E-state index in [-0.39, 0.29) is 11.8 Å². The summed E-state index contributed by atoms with van der Waals surface area (Å²) >= 11 is 0. The first kappa shape index (κ1) is 22.2. The molecule has 24 heavy (non-hydrogen) atoms. The highest BCUT2D eigenvalue weighted by molar-refractivity contribution is 5.89. The summed E-state index contributed by atoms with van der Waals surface area (Å²) in [5, 5.41) is 5.24. The maximum Gasteiger partial charge on any atom is 0.408 e. The Morgan fingerprint density at radius 3 is 1.92 bits per heavy atom. The van der Waals surface area contributed by atoms with Crippen LogP contribution in [0.15, 0.2) is 0 Å². The Bertz CT molecular complexity index is 441. The van der Waals surface area contributed by atoms with E-state index in [9.17, 15) is 14.4 Å². The van der Waals surface area contributed by atoms with Gasteiger partial charge >= 0.3 is 12.1 Å². The van der Waals surface area contributed by atoms with Gasteiger partial charge in [0.15, 0.2) is 0 Å². The molecule has 7 heteroatoms. The van der Waals surface area contributed by atoms with Crippen molar-refractivity contribution in [2.45, 2.75) is 72.6 Å². The van der Waals surface area contributed by atoms with Gasteiger partial charge in [0.1, 0.15) is 17.7 Å². The summed E-state index contributed by atoms with van der Waals surface area (Å²) in [4.78, 5) is 36.3. The zero-order chi connectivity index (χ0) is 19.1. The van der Waals surface area contributed by atoms with Crippen molar-refractivity contribution in [3.05, 3.63) is 0 Å². The minimum Gasteiger partial charge on any atom is -0.467 e. The highest BCUT2D eigenvalue weighted by atomic mass is 16.6. The first-order chi connectivity index (χ1) is 10.9. The molecular formula is C17H32N2O5. The molecule has 7 nitrogen and oxygen atoms in total. The molecule has 0 heterocycles. The van der Waals surface area contributed by atoms with E-state index in [1.807, 2.05) is 13.8 Å². The molecule has 0 radical (unpaired) electrons. The fourth-order valence-corrected chi connectivity index (χ4v) is 2.03. The van der Waals surface area contributed by atoms with Crippen LogP contribution < -0.4 is 10.6 Å². The van der Waals surface area contributed by atoms with Crippen molar-refractivity contribution < 1.29 is 23.9 Å². The predicted molar refractivity (Wildman–Crippen MR) is 91.4 cm³/mol. The molecule has 0 unspecified atom stereocenters. The molecule has 0 aromatic heterocycles. The van der Waals surface area contributed by atoms with E-state index in [1.54, 1.807) is 34.6 Å². The van der Waals surface area contributed by atoms with Crippen LogP contribution in [-0.4, -0.2) is 42.8 Å². The third-order valence-electron chi connectivity index (χ3n) is 3.13. The summed E-state index contributed by atoms with van der Waals surface area (Å²) in [6, 6.07) is -1.55. The van der Waals surface area contributed by atoms with Crippen molar-refractivity contribution in [3.8, 4) is 0 Å². The number of methoxy groups -OCH3 is 1. The molecular weight excluding hydrogens is 312 g/mol. The van der Waals surface area contributed by atoms with Crippen molar-refractivity contribution in [3.63, 3.8) is 0 Å². The van der Waals surface area contributed by atoms with Crippen molar-refractivity contribution in [1.29, 1.82) is 0 Å². The largest absolute Gasteiger partial charge is 0.467 e. The normalized spacial score (nSPS) is 14.1. The zero-order valence-electron chi connectivity index (χ0n) is 16.1. The Hall–Kier alpha value is -1.79. The second-order valence-corrected chi connectivity index (χ2v) is 7.58. The fraction of sp³-hybridized carbons (Fsp3) is 0.824. The number of rotatable bonds is 7. The third-order valence-corrected chi connectivity index (χ3v) is 3.13. The molecule has 0 saturated heterocycles. The quantitative estimate of drug-likeness (QED) is 0.691. The molecule has 2 atom stereocenters. The molecule has 0 aliphatic carbocycles. The van der Waals surface area contributed by atoms with Crippen molar-refractivity contribution in [1.82, 2.24) is 10.6 Å². The number of amides is 2. The summed E-state index contributed by atoms with van der Waals surface area (Å²) in [5.74, 6) is -0.911. The van der Waals surface area contributed by atoms with Crippen LogP contribution in [0, 0.1) is 11.8 Å². The van der Waals surface area contributed by atoms with Gasteiger partial charge in [-0.2, -0.15) is 0 Å². The SMILES string of the molecule is COC(=O)[C@@H](NC(=O)[C@H](CC(C)C)NC(=O)OC(C)(C)C)C(C)C. The molecule has 0 aliphatic heterocycles.